The van der Waals surface area contributed by atoms with E-state index in [1.54, 1.807) is 0 Å². The van der Waals surface area contributed by atoms with Gasteiger partial charge < -0.3 is 14.7 Å². The third-order valence-corrected chi connectivity index (χ3v) is 5.88. The number of rotatable bonds is 8. The maximum atomic E-state index is 12.1. The van der Waals surface area contributed by atoms with E-state index in [-0.39, 0.29) is 12.3 Å². The summed E-state index contributed by atoms with van der Waals surface area (Å²) in [6, 6.07) is 17.1. The Balaban J connectivity index is 1.14. The summed E-state index contributed by atoms with van der Waals surface area (Å²) >= 11 is 0. The monoisotopic (exact) mass is 462 g/mol. The molecule has 1 aliphatic rings. The highest BCUT2D eigenvalue weighted by Gasteiger charge is 2.20. The fourth-order valence-corrected chi connectivity index (χ4v) is 3.89. The number of aromatic nitrogens is 2. The largest absolute Gasteiger partial charge is 0.338 e. The molecule has 34 heavy (non-hydrogen) atoms. The SMILES string of the molecule is Cc1ccccc1-c1noc(CN2CCN(CCC(=O)NC(=O)NCc3ccccc3)CC2)n1. The molecule has 0 atom stereocenters. The Labute approximate surface area is 199 Å². The van der Waals surface area contributed by atoms with Crippen LogP contribution in [0.15, 0.2) is 59.1 Å². The van der Waals surface area contributed by atoms with E-state index in [1.807, 2.05) is 61.5 Å². The quantitative estimate of drug-likeness (QED) is 0.530. The second kappa shape index (κ2) is 11.5. The standard InChI is InChI=1S/C25H30N6O3/c1-19-7-5-6-10-21(19)24-28-23(34-29-24)18-31-15-13-30(14-16-31)12-11-22(32)27-25(33)26-17-20-8-3-2-4-9-20/h2-10H,11-18H2,1H3,(H2,26,27,32,33). The first-order valence-electron chi connectivity index (χ1n) is 11.5. The van der Waals surface area contributed by atoms with Gasteiger partial charge in [0.15, 0.2) is 0 Å². The molecular weight excluding hydrogens is 432 g/mol. The first kappa shape index (κ1) is 23.6. The van der Waals surface area contributed by atoms with Gasteiger partial charge >= 0.3 is 6.03 Å². The highest BCUT2D eigenvalue weighted by molar-refractivity contribution is 5.94. The Hall–Kier alpha value is -3.56. The van der Waals surface area contributed by atoms with E-state index >= 15 is 0 Å². The van der Waals surface area contributed by atoms with Gasteiger partial charge in [0.25, 0.3) is 0 Å². The van der Waals surface area contributed by atoms with Gasteiger partial charge in [-0.1, -0.05) is 59.8 Å². The van der Waals surface area contributed by atoms with Crippen LogP contribution in [0, 0.1) is 6.92 Å². The molecule has 0 bridgehead atoms. The third kappa shape index (κ3) is 6.72. The summed E-state index contributed by atoms with van der Waals surface area (Å²) in [5, 5.41) is 9.23. The van der Waals surface area contributed by atoms with Crippen LogP contribution in [0.4, 0.5) is 4.79 Å². The summed E-state index contributed by atoms with van der Waals surface area (Å²) < 4.78 is 5.46. The van der Waals surface area contributed by atoms with Gasteiger partial charge in [0, 0.05) is 51.3 Å². The molecule has 1 aliphatic heterocycles. The molecule has 0 saturated carbocycles. The number of nitrogens with zero attached hydrogens (tertiary/aromatic N) is 4. The first-order chi connectivity index (χ1) is 16.6. The van der Waals surface area contributed by atoms with Crippen LogP contribution in [0.25, 0.3) is 11.4 Å². The Kier molecular flexibility index (Phi) is 8.00. The zero-order chi connectivity index (χ0) is 23.8. The number of carbonyl (C=O) groups excluding carboxylic acids is 2. The number of aryl methyl sites for hydroxylation is 1. The predicted octanol–water partition coefficient (Wildman–Crippen LogP) is 2.58. The van der Waals surface area contributed by atoms with Gasteiger partial charge in [-0.3, -0.25) is 15.0 Å². The number of urea groups is 1. The van der Waals surface area contributed by atoms with Crippen molar-refractivity contribution in [3.63, 3.8) is 0 Å². The smallest absolute Gasteiger partial charge is 0.321 e. The van der Waals surface area contributed by atoms with E-state index in [1.165, 1.54) is 0 Å². The molecule has 1 saturated heterocycles. The number of nitrogens with one attached hydrogen (secondary N) is 2. The van der Waals surface area contributed by atoms with Crippen LogP contribution in [0.1, 0.15) is 23.4 Å². The van der Waals surface area contributed by atoms with Crippen LogP contribution in [0.2, 0.25) is 0 Å². The zero-order valence-corrected chi connectivity index (χ0v) is 19.4. The molecule has 0 aliphatic carbocycles. The van der Waals surface area contributed by atoms with Gasteiger partial charge in [0.1, 0.15) is 0 Å². The lowest BCUT2D eigenvalue weighted by Crippen LogP contribution is -2.47. The van der Waals surface area contributed by atoms with E-state index in [9.17, 15) is 9.59 Å². The van der Waals surface area contributed by atoms with Crippen LogP contribution in [0.3, 0.4) is 0 Å². The molecule has 1 fully saturated rings. The van der Waals surface area contributed by atoms with Crippen molar-refractivity contribution >= 4 is 11.9 Å². The molecule has 3 aromatic rings. The fraction of sp³-hybridized carbons (Fsp3) is 0.360. The molecule has 2 heterocycles. The summed E-state index contributed by atoms with van der Waals surface area (Å²) in [4.78, 5) is 33.1. The first-order valence-corrected chi connectivity index (χ1v) is 11.5. The molecule has 2 aromatic carbocycles. The lowest BCUT2D eigenvalue weighted by atomic mass is 10.1. The third-order valence-electron chi connectivity index (χ3n) is 5.88. The number of benzene rings is 2. The van der Waals surface area contributed by atoms with Gasteiger partial charge in [-0.15, -0.1) is 0 Å². The molecule has 0 spiro atoms. The molecular formula is C25H30N6O3. The molecule has 2 N–H and O–H groups in total. The van der Waals surface area contributed by atoms with Crippen molar-refractivity contribution in [2.75, 3.05) is 32.7 Å². The Morgan fingerprint density at radius 2 is 1.68 bits per heavy atom. The number of amides is 3. The van der Waals surface area contributed by atoms with Crippen molar-refractivity contribution < 1.29 is 14.1 Å². The maximum absolute atomic E-state index is 12.1. The molecule has 9 heteroatoms. The number of carbonyl (C=O) groups is 2. The summed E-state index contributed by atoms with van der Waals surface area (Å²) in [5.74, 6) is 0.945. The minimum Gasteiger partial charge on any atom is -0.338 e. The summed E-state index contributed by atoms with van der Waals surface area (Å²) in [6.45, 7) is 7.01. The summed E-state index contributed by atoms with van der Waals surface area (Å²) in [6.07, 6.45) is 0.280. The van der Waals surface area contributed by atoms with Crippen molar-refractivity contribution in [2.45, 2.75) is 26.4 Å². The fourth-order valence-electron chi connectivity index (χ4n) is 3.89. The summed E-state index contributed by atoms with van der Waals surface area (Å²) in [5.41, 5.74) is 3.07. The van der Waals surface area contributed by atoms with E-state index in [2.05, 4.69) is 30.6 Å². The maximum Gasteiger partial charge on any atom is 0.321 e. The van der Waals surface area contributed by atoms with Crippen LogP contribution in [0.5, 0.6) is 0 Å². The van der Waals surface area contributed by atoms with Crippen LogP contribution < -0.4 is 10.6 Å². The Morgan fingerprint density at radius 1 is 0.971 bits per heavy atom. The topological polar surface area (TPSA) is 104 Å². The average Bonchev–Trinajstić information content (AvgIpc) is 3.31. The van der Waals surface area contributed by atoms with Crippen molar-refractivity contribution in [3.8, 4) is 11.4 Å². The second-order valence-electron chi connectivity index (χ2n) is 8.41. The molecule has 0 unspecified atom stereocenters. The van der Waals surface area contributed by atoms with Gasteiger partial charge in [0.2, 0.25) is 17.6 Å². The van der Waals surface area contributed by atoms with Crippen LogP contribution in [-0.2, 0) is 17.9 Å². The average molecular weight is 463 g/mol. The highest BCUT2D eigenvalue weighted by atomic mass is 16.5. The van der Waals surface area contributed by atoms with Gasteiger partial charge in [-0.05, 0) is 18.1 Å². The van der Waals surface area contributed by atoms with Crippen LogP contribution in [-0.4, -0.2) is 64.6 Å². The zero-order valence-electron chi connectivity index (χ0n) is 19.4. The normalized spacial score (nSPS) is 14.6. The Bertz CT molecular complexity index is 1090. The minimum absolute atomic E-state index is 0.275. The van der Waals surface area contributed by atoms with Crippen molar-refractivity contribution in [1.29, 1.82) is 0 Å². The van der Waals surface area contributed by atoms with Gasteiger partial charge in [-0.25, -0.2) is 4.79 Å². The van der Waals surface area contributed by atoms with Gasteiger partial charge in [-0.2, -0.15) is 4.98 Å². The molecule has 178 valence electrons. The van der Waals surface area contributed by atoms with E-state index in [0.29, 0.717) is 31.3 Å². The number of imide groups is 1. The van der Waals surface area contributed by atoms with Crippen molar-refractivity contribution in [3.05, 3.63) is 71.6 Å². The number of piperazine rings is 1. The summed E-state index contributed by atoms with van der Waals surface area (Å²) in [7, 11) is 0. The van der Waals surface area contributed by atoms with E-state index in [4.69, 9.17) is 4.52 Å². The van der Waals surface area contributed by atoms with Crippen LogP contribution >= 0.6 is 0 Å². The molecule has 9 nitrogen and oxygen atoms in total. The van der Waals surface area contributed by atoms with Crippen molar-refractivity contribution in [2.24, 2.45) is 0 Å². The van der Waals surface area contributed by atoms with E-state index in [0.717, 1.165) is 42.9 Å². The predicted molar refractivity (Wildman–Crippen MR) is 128 cm³/mol. The number of hydrogen-bond acceptors (Lipinski definition) is 7. The molecule has 4 rings (SSSR count). The molecule has 1 aromatic heterocycles. The van der Waals surface area contributed by atoms with Crippen molar-refractivity contribution in [1.82, 2.24) is 30.6 Å². The highest BCUT2D eigenvalue weighted by Crippen LogP contribution is 2.20. The van der Waals surface area contributed by atoms with E-state index < -0.39 is 6.03 Å². The lowest BCUT2D eigenvalue weighted by molar-refractivity contribution is -0.120. The lowest BCUT2D eigenvalue weighted by Gasteiger charge is -2.33. The molecule has 3 amide bonds. The Morgan fingerprint density at radius 3 is 2.44 bits per heavy atom. The minimum atomic E-state index is -0.469. The number of hydrogen-bond donors (Lipinski definition) is 2. The molecule has 0 radical (unpaired) electrons. The van der Waals surface area contributed by atoms with Gasteiger partial charge in [0.05, 0.1) is 6.54 Å². The second-order valence-corrected chi connectivity index (χ2v) is 8.41.